The Hall–Kier alpha value is -6.69. The van der Waals surface area contributed by atoms with E-state index in [0.29, 0.717) is 70.4 Å². The number of aryl methyl sites for hydroxylation is 6. The third kappa shape index (κ3) is 20.4. The van der Waals surface area contributed by atoms with Crippen molar-refractivity contribution in [3.8, 4) is 49.4 Å². The average Bonchev–Trinajstić information content (AvgIpc) is 1.77. The van der Waals surface area contributed by atoms with E-state index in [1.165, 1.54) is 92.4 Å². The molecule has 3 fully saturated rings. The van der Waals surface area contributed by atoms with E-state index in [-0.39, 0.29) is 15.7 Å². The summed E-state index contributed by atoms with van der Waals surface area (Å²) in [7, 11) is 0. The highest BCUT2D eigenvalue weighted by atomic mass is 32.2. The Morgan fingerprint density at radius 2 is 0.688 bits per heavy atom. The monoisotopic (exact) mass is 1370 g/mol. The van der Waals surface area contributed by atoms with Crippen LogP contribution in [-0.4, -0.2) is 153 Å². The van der Waals surface area contributed by atoms with Crippen LogP contribution in [0.5, 0.6) is 17.6 Å². The number of nitrogens with two attached hydrogens (primary N) is 3. The van der Waals surface area contributed by atoms with Crippen molar-refractivity contribution in [1.29, 1.82) is 0 Å². The molecule has 6 N–H and O–H groups in total. The van der Waals surface area contributed by atoms with Crippen molar-refractivity contribution in [2.45, 2.75) is 132 Å². The molecule has 3 aliphatic rings. The Morgan fingerprint density at radius 1 is 0.398 bits per heavy atom. The number of likely N-dealkylation sites (tertiary alicyclic amines) is 3. The molecule has 12 heterocycles. The topological polar surface area (TPSA) is 270 Å². The lowest BCUT2D eigenvalue weighted by atomic mass is 10.1. The summed E-state index contributed by atoms with van der Waals surface area (Å²) in [6.07, 6.45) is 13.2. The summed E-state index contributed by atoms with van der Waals surface area (Å²) in [5.41, 5.74) is 26.4. The number of thioether (sulfide) groups is 3. The first-order valence-corrected chi connectivity index (χ1v) is 36.7. The highest BCUT2D eigenvalue weighted by Crippen LogP contribution is 2.42. The van der Waals surface area contributed by atoms with Crippen LogP contribution in [0.25, 0.3) is 31.7 Å². The van der Waals surface area contributed by atoms with Gasteiger partial charge < -0.3 is 31.4 Å². The molecule has 0 bridgehead atoms. The third-order valence-electron chi connectivity index (χ3n) is 15.6. The van der Waals surface area contributed by atoms with Gasteiger partial charge in [-0.1, -0.05) is 41.7 Å². The van der Waals surface area contributed by atoms with Crippen LogP contribution in [0.4, 0.5) is 17.5 Å². The van der Waals surface area contributed by atoms with Crippen molar-refractivity contribution in [2.75, 3.05) is 95.9 Å². The summed E-state index contributed by atoms with van der Waals surface area (Å²) in [6.45, 7) is 30.3. The third-order valence-corrected chi connectivity index (χ3v) is 21.6. The Labute approximate surface area is 570 Å². The second-order valence-electron chi connectivity index (χ2n) is 23.2. The summed E-state index contributed by atoms with van der Waals surface area (Å²) < 4.78 is 17.7. The van der Waals surface area contributed by atoms with Crippen molar-refractivity contribution in [3.63, 3.8) is 0 Å². The summed E-state index contributed by atoms with van der Waals surface area (Å²) in [4.78, 5) is 65.2. The van der Waals surface area contributed by atoms with E-state index in [9.17, 15) is 0 Å². The zero-order valence-electron chi connectivity index (χ0n) is 54.5. The molecule has 12 rings (SSSR count). The molecule has 0 radical (unpaired) electrons. The Balaban J connectivity index is 0.000000153. The lowest BCUT2D eigenvalue weighted by molar-refractivity contribution is 0.145. The van der Waals surface area contributed by atoms with Gasteiger partial charge in [0.1, 0.15) is 52.3 Å². The first kappa shape index (κ1) is 69.1. The number of aromatic nitrogens is 12. The van der Waals surface area contributed by atoms with E-state index in [0.717, 1.165) is 85.5 Å². The van der Waals surface area contributed by atoms with Crippen LogP contribution in [-0.2, 0) is 0 Å². The summed E-state index contributed by atoms with van der Waals surface area (Å²) in [5.74, 6) is 3.43. The van der Waals surface area contributed by atoms with Gasteiger partial charge in [0, 0.05) is 123 Å². The quantitative estimate of drug-likeness (QED) is 0.0375. The molecule has 27 heteroatoms. The minimum atomic E-state index is 0.114. The number of thiazole rings is 3. The largest absolute Gasteiger partial charge is 0.476 e. The van der Waals surface area contributed by atoms with Gasteiger partial charge in [-0.25, -0.2) is 59.8 Å². The molecular weight excluding hydrogens is 1290 g/mol. The number of piperidine rings is 1. The molecule has 9 aromatic heterocycles. The van der Waals surface area contributed by atoms with Crippen LogP contribution in [0, 0.1) is 41.5 Å². The van der Waals surface area contributed by atoms with Gasteiger partial charge >= 0.3 is 0 Å². The van der Waals surface area contributed by atoms with Crippen molar-refractivity contribution in [1.82, 2.24) is 74.5 Å². The van der Waals surface area contributed by atoms with E-state index in [1.54, 1.807) is 106 Å². The standard InChI is InChI=1S/C23H30N6OS2.C22H28N6OS2.C21H26N6OS2/c1-15-13-19(24)27-23(26-15)32-17(3)21-16(2)31-22(28-21)18-7-8-25-20(14-18)30-12-11-29-9-5-4-6-10-29;1-14-12-18(23)26-22(25-14)31-16(3)20-15(2)30-21(27-20)17-6-7-24-19(13-17)29-11-10-28-8-4-5-9-28;1-13-11-17(22)25-21(24-13)30-15(3)19-14(2)29-20(26-19)16-5-6-23-18(12-16)28-10-9-27-7-4-8-27/h7-8,13-14,17H,4-6,9-12H2,1-3H3,(H2,24,26,27);6-7,12-13,16H,4-5,8-11H2,1-3H3,(H2,23,25,26);5-6,11-12,15H,4,7-10H2,1-3H3,(H2,22,24,25). The van der Waals surface area contributed by atoms with Gasteiger partial charge in [0.15, 0.2) is 15.5 Å². The smallest absolute Gasteiger partial charge is 0.213 e. The van der Waals surface area contributed by atoms with Gasteiger partial charge in [0.2, 0.25) is 17.6 Å². The van der Waals surface area contributed by atoms with Crippen LogP contribution in [0.3, 0.4) is 0 Å². The zero-order chi connectivity index (χ0) is 65.4. The molecule has 0 spiro atoms. The minimum absolute atomic E-state index is 0.114. The summed E-state index contributed by atoms with van der Waals surface area (Å²) in [5, 5.41) is 5.28. The Kier molecular flexibility index (Phi) is 25.0. The minimum Gasteiger partial charge on any atom is -0.476 e. The zero-order valence-corrected chi connectivity index (χ0v) is 59.4. The SMILES string of the molecule is Cc1cc(N)nc(SC(C)c2nc(-c3ccnc(OCCN4CCC4)c3)sc2C)n1.Cc1cc(N)nc(SC(C)c2nc(-c3ccnc(OCCN4CCCC4)c3)sc2C)n1.Cc1cc(N)nc(SC(C)c2nc(-c3ccnc(OCCN4CCCCC4)c3)sc2C)n1. The summed E-state index contributed by atoms with van der Waals surface area (Å²) in [6, 6.07) is 17.2. The highest BCUT2D eigenvalue weighted by molar-refractivity contribution is 7.99. The van der Waals surface area contributed by atoms with Crippen LogP contribution >= 0.6 is 69.3 Å². The van der Waals surface area contributed by atoms with Crippen LogP contribution in [0.1, 0.15) is 124 Å². The first-order chi connectivity index (χ1) is 44.9. The molecule has 93 heavy (non-hydrogen) atoms. The fourth-order valence-corrected chi connectivity index (χ4v) is 17.0. The van der Waals surface area contributed by atoms with E-state index in [2.05, 4.69) is 101 Å². The van der Waals surface area contributed by atoms with E-state index < -0.39 is 0 Å². The molecule has 9 aromatic rings. The molecule has 3 aliphatic heterocycles. The number of rotatable bonds is 24. The normalized spacial score (nSPS) is 15.3. The maximum Gasteiger partial charge on any atom is 0.213 e. The molecule has 21 nitrogen and oxygen atoms in total. The maximum atomic E-state index is 5.95. The van der Waals surface area contributed by atoms with Gasteiger partial charge in [-0.05, 0) is 152 Å². The molecular formula is C66H84N18O3S6. The lowest BCUT2D eigenvalue weighted by Gasteiger charge is -2.30. The van der Waals surface area contributed by atoms with Crippen LogP contribution in [0.15, 0.2) is 88.7 Å². The van der Waals surface area contributed by atoms with Gasteiger partial charge in [-0.2, -0.15) is 0 Å². The molecule has 492 valence electrons. The molecule has 3 atom stereocenters. The van der Waals surface area contributed by atoms with E-state index in [1.807, 2.05) is 57.2 Å². The molecule has 3 unspecified atom stereocenters. The number of hydrogen-bond donors (Lipinski definition) is 3. The fraction of sp³-hybridized carbons (Fsp3) is 0.455. The van der Waals surface area contributed by atoms with Crippen molar-refractivity contribution >= 4 is 86.7 Å². The summed E-state index contributed by atoms with van der Waals surface area (Å²) >= 11 is 9.77. The molecule has 0 aliphatic carbocycles. The number of nitrogen functional groups attached to an aromatic ring is 3. The van der Waals surface area contributed by atoms with Crippen LogP contribution < -0.4 is 31.4 Å². The van der Waals surface area contributed by atoms with Gasteiger partial charge in [0.05, 0.1) is 32.8 Å². The van der Waals surface area contributed by atoms with E-state index in [4.69, 9.17) is 46.4 Å². The highest BCUT2D eigenvalue weighted by Gasteiger charge is 2.23. The fourth-order valence-electron chi connectivity index (χ4n) is 10.7. The molecule has 0 aromatic carbocycles. The number of anilines is 3. The lowest BCUT2D eigenvalue weighted by Crippen LogP contribution is -2.39. The Morgan fingerprint density at radius 3 is 0.968 bits per heavy atom. The number of nitrogens with zero attached hydrogens (tertiary/aromatic N) is 15. The second-order valence-corrected chi connectivity index (χ2v) is 30.7. The predicted octanol–water partition coefficient (Wildman–Crippen LogP) is 13.6. The van der Waals surface area contributed by atoms with Crippen molar-refractivity contribution in [2.24, 2.45) is 0 Å². The van der Waals surface area contributed by atoms with Crippen LogP contribution in [0.2, 0.25) is 0 Å². The predicted molar refractivity (Wildman–Crippen MR) is 380 cm³/mol. The van der Waals surface area contributed by atoms with Crippen molar-refractivity contribution < 1.29 is 14.2 Å². The number of ether oxygens (including phenoxy) is 3. The molecule has 0 amide bonds. The Bertz CT molecular complexity index is 3830. The van der Waals surface area contributed by atoms with E-state index >= 15 is 0 Å². The number of hydrogen-bond acceptors (Lipinski definition) is 27. The molecule has 0 saturated carbocycles. The number of pyridine rings is 3. The van der Waals surface area contributed by atoms with Crippen molar-refractivity contribution in [3.05, 3.63) is 122 Å². The van der Waals surface area contributed by atoms with Gasteiger partial charge in [-0.3, -0.25) is 14.7 Å². The molecule has 3 saturated heterocycles. The first-order valence-electron chi connectivity index (χ1n) is 31.6. The van der Waals surface area contributed by atoms with Gasteiger partial charge in [0.25, 0.3) is 0 Å². The second kappa shape index (κ2) is 33.6. The maximum absolute atomic E-state index is 5.95. The average molecular weight is 1370 g/mol. The van der Waals surface area contributed by atoms with Gasteiger partial charge in [-0.15, -0.1) is 34.0 Å².